The number of benzene rings is 2. The number of carbonyl (C=O) groups is 1. The second-order valence-electron chi connectivity index (χ2n) is 3.91. The van der Waals surface area contributed by atoms with E-state index in [1.165, 1.54) is 0 Å². The van der Waals surface area contributed by atoms with Gasteiger partial charge in [0.2, 0.25) is 5.24 Å². The summed E-state index contributed by atoms with van der Waals surface area (Å²) in [7, 11) is 0. The molecule has 1 aliphatic heterocycles. The standard InChI is InChI=1S/C14H9ClO2/c15-14(16)13-9-5-1-3-7-11(9)17-12-8-4-2-6-10(12)13/h1-8,13H. The van der Waals surface area contributed by atoms with Crippen molar-refractivity contribution in [3.8, 4) is 11.5 Å². The van der Waals surface area contributed by atoms with Gasteiger partial charge in [0.15, 0.2) is 0 Å². The van der Waals surface area contributed by atoms with Crippen LogP contribution in [0, 0.1) is 0 Å². The van der Waals surface area contributed by atoms with E-state index < -0.39 is 5.92 Å². The second-order valence-corrected chi connectivity index (χ2v) is 4.29. The molecule has 0 radical (unpaired) electrons. The number of hydrogen-bond acceptors (Lipinski definition) is 2. The van der Waals surface area contributed by atoms with Crippen molar-refractivity contribution in [2.24, 2.45) is 0 Å². The average molecular weight is 245 g/mol. The lowest BCUT2D eigenvalue weighted by Gasteiger charge is -2.25. The maximum absolute atomic E-state index is 11.6. The van der Waals surface area contributed by atoms with E-state index in [1.807, 2.05) is 48.5 Å². The molecule has 1 aliphatic rings. The van der Waals surface area contributed by atoms with E-state index in [4.69, 9.17) is 16.3 Å². The van der Waals surface area contributed by atoms with Crippen LogP contribution in [0.15, 0.2) is 48.5 Å². The molecule has 0 spiro atoms. The van der Waals surface area contributed by atoms with Crippen LogP contribution in [0.2, 0.25) is 0 Å². The monoisotopic (exact) mass is 244 g/mol. The molecule has 3 heteroatoms. The molecule has 3 rings (SSSR count). The Kier molecular flexibility index (Phi) is 2.37. The van der Waals surface area contributed by atoms with Gasteiger partial charge in [0.1, 0.15) is 11.5 Å². The molecule has 2 nitrogen and oxygen atoms in total. The minimum atomic E-state index is -0.433. The first-order valence-electron chi connectivity index (χ1n) is 5.32. The highest BCUT2D eigenvalue weighted by Crippen LogP contribution is 2.44. The maximum atomic E-state index is 11.6. The molecule has 84 valence electrons. The predicted octanol–water partition coefficient (Wildman–Crippen LogP) is 3.69. The van der Waals surface area contributed by atoms with Gasteiger partial charge in [0.05, 0.1) is 5.92 Å². The van der Waals surface area contributed by atoms with Crippen LogP contribution in [0.3, 0.4) is 0 Å². The lowest BCUT2D eigenvalue weighted by atomic mass is 9.89. The molecule has 0 N–H and O–H groups in total. The first-order chi connectivity index (χ1) is 8.27. The molecular formula is C14H9ClO2. The van der Waals surface area contributed by atoms with Gasteiger partial charge in [-0.3, -0.25) is 4.79 Å². The van der Waals surface area contributed by atoms with E-state index in [-0.39, 0.29) is 5.24 Å². The fraction of sp³-hybridized carbons (Fsp3) is 0.0714. The summed E-state index contributed by atoms with van der Waals surface area (Å²) >= 11 is 5.72. The van der Waals surface area contributed by atoms with Crippen LogP contribution < -0.4 is 4.74 Å². The van der Waals surface area contributed by atoms with E-state index >= 15 is 0 Å². The Morgan fingerprint density at radius 1 is 0.941 bits per heavy atom. The van der Waals surface area contributed by atoms with Gasteiger partial charge in [0.25, 0.3) is 0 Å². The van der Waals surface area contributed by atoms with Crippen LogP contribution in [-0.4, -0.2) is 5.24 Å². The average Bonchev–Trinajstić information content (AvgIpc) is 2.35. The van der Waals surface area contributed by atoms with Gasteiger partial charge < -0.3 is 4.74 Å². The number of para-hydroxylation sites is 2. The Morgan fingerprint density at radius 3 is 1.88 bits per heavy atom. The normalized spacial score (nSPS) is 13.5. The van der Waals surface area contributed by atoms with Crippen LogP contribution in [0.5, 0.6) is 11.5 Å². The number of ether oxygens (including phenoxy) is 1. The smallest absolute Gasteiger partial charge is 0.233 e. The lowest BCUT2D eigenvalue weighted by Crippen LogP contribution is -2.14. The molecule has 0 saturated carbocycles. The quantitative estimate of drug-likeness (QED) is 0.715. The van der Waals surface area contributed by atoms with E-state index in [0.29, 0.717) is 11.5 Å². The molecule has 0 atom stereocenters. The number of fused-ring (bicyclic) bond motifs is 2. The van der Waals surface area contributed by atoms with E-state index in [2.05, 4.69) is 0 Å². The molecular weight excluding hydrogens is 236 g/mol. The summed E-state index contributed by atoms with van der Waals surface area (Å²) in [4.78, 5) is 11.6. The summed E-state index contributed by atoms with van der Waals surface area (Å²) in [6.07, 6.45) is 0. The first-order valence-corrected chi connectivity index (χ1v) is 5.70. The van der Waals surface area contributed by atoms with E-state index in [9.17, 15) is 4.79 Å². The highest BCUT2D eigenvalue weighted by Gasteiger charge is 2.30. The Bertz CT molecular complexity index is 547. The summed E-state index contributed by atoms with van der Waals surface area (Å²) in [6, 6.07) is 14.9. The van der Waals surface area contributed by atoms with Crippen molar-refractivity contribution >= 4 is 16.8 Å². The van der Waals surface area contributed by atoms with Crippen LogP contribution in [-0.2, 0) is 4.79 Å². The molecule has 2 aromatic carbocycles. The summed E-state index contributed by atoms with van der Waals surface area (Å²) in [5.41, 5.74) is 1.65. The van der Waals surface area contributed by atoms with Crippen molar-refractivity contribution in [1.82, 2.24) is 0 Å². The zero-order valence-electron chi connectivity index (χ0n) is 8.89. The molecule has 2 aromatic rings. The van der Waals surface area contributed by atoms with Gasteiger partial charge in [-0.25, -0.2) is 0 Å². The highest BCUT2D eigenvalue weighted by atomic mass is 35.5. The molecule has 0 aliphatic carbocycles. The minimum absolute atomic E-state index is 0.381. The van der Waals surface area contributed by atoms with Crippen molar-refractivity contribution in [3.05, 3.63) is 59.7 Å². The Morgan fingerprint density at radius 2 is 1.41 bits per heavy atom. The van der Waals surface area contributed by atoms with Gasteiger partial charge in [-0.2, -0.15) is 0 Å². The van der Waals surface area contributed by atoms with Crippen molar-refractivity contribution in [3.63, 3.8) is 0 Å². The molecule has 0 bridgehead atoms. The third kappa shape index (κ3) is 1.61. The zero-order chi connectivity index (χ0) is 11.8. The SMILES string of the molecule is O=C(Cl)C1c2ccccc2Oc2ccccc21. The fourth-order valence-electron chi connectivity index (χ4n) is 2.15. The number of halogens is 1. The fourth-order valence-corrected chi connectivity index (χ4v) is 2.39. The van der Waals surface area contributed by atoms with Gasteiger partial charge in [-0.15, -0.1) is 0 Å². The first kappa shape index (κ1) is 10.4. The predicted molar refractivity (Wildman–Crippen MR) is 65.7 cm³/mol. The van der Waals surface area contributed by atoms with Gasteiger partial charge in [0, 0.05) is 11.1 Å². The number of hydrogen-bond donors (Lipinski definition) is 0. The molecule has 0 saturated heterocycles. The van der Waals surface area contributed by atoms with E-state index in [1.54, 1.807) is 0 Å². The molecule has 1 heterocycles. The summed E-state index contributed by atoms with van der Waals surface area (Å²) in [5, 5.41) is -0.381. The molecule has 0 unspecified atom stereocenters. The third-order valence-electron chi connectivity index (χ3n) is 2.91. The number of rotatable bonds is 1. The summed E-state index contributed by atoms with van der Waals surface area (Å²) in [6.45, 7) is 0. The van der Waals surface area contributed by atoms with Gasteiger partial charge in [-0.1, -0.05) is 36.4 Å². The van der Waals surface area contributed by atoms with Crippen molar-refractivity contribution in [2.75, 3.05) is 0 Å². The molecule has 0 amide bonds. The van der Waals surface area contributed by atoms with Crippen molar-refractivity contribution in [2.45, 2.75) is 5.92 Å². The number of carbonyl (C=O) groups excluding carboxylic acids is 1. The Labute approximate surface area is 104 Å². The molecule has 17 heavy (non-hydrogen) atoms. The van der Waals surface area contributed by atoms with Crippen LogP contribution in [0.25, 0.3) is 0 Å². The van der Waals surface area contributed by atoms with Crippen LogP contribution in [0.1, 0.15) is 17.0 Å². The topological polar surface area (TPSA) is 26.3 Å². The molecule has 0 fully saturated rings. The molecule has 0 aromatic heterocycles. The highest BCUT2D eigenvalue weighted by molar-refractivity contribution is 6.65. The van der Waals surface area contributed by atoms with Gasteiger partial charge >= 0.3 is 0 Å². The van der Waals surface area contributed by atoms with Crippen LogP contribution >= 0.6 is 11.6 Å². The van der Waals surface area contributed by atoms with Crippen molar-refractivity contribution < 1.29 is 9.53 Å². The largest absolute Gasteiger partial charge is 0.457 e. The zero-order valence-corrected chi connectivity index (χ0v) is 9.65. The van der Waals surface area contributed by atoms with Gasteiger partial charge in [-0.05, 0) is 23.7 Å². The van der Waals surface area contributed by atoms with Crippen molar-refractivity contribution in [1.29, 1.82) is 0 Å². The summed E-state index contributed by atoms with van der Waals surface area (Å²) < 4.78 is 5.75. The maximum Gasteiger partial charge on any atom is 0.233 e. The second kappa shape index (κ2) is 3.90. The Hall–Kier alpha value is -1.80. The lowest BCUT2D eigenvalue weighted by molar-refractivity contribution is -0.112. The van der Waals surface area contributed by atoms with Crippen LogP contribution in [0.4, 0.5) is 0 Å². The minimum Gasteiger partial charge on any atom is -0.457 e. The summed E-state index contributed by atoms with van der Waals surface area (Å²) in [5.74, 6) is 0.966. The Balaban J connectivity index is 2.24. The third-order valence-corrected chi connectivity index (χ3v) is 3.13. The van der Waals surface area contributed by atoms with E-state index in [0.717, 1.165) is 11.1 Å².